The number of ether oxygens (including phenoxy) is 1. The third-order valence-corrected chi connectivity index (χ3v) is 6.35. The van der Waals surface area contributed by atoms with Gasteiger partial charge in [-0.25, -0.2) is 0 Å². The molecule has 0 aliphatic heterocycles. The van der Waals surface area contributed by atoms with Crippen molar-refractivity contribution < 1.29 is 22.1 Å². The summed E-state index contributed by atoms with van der Waals surface area (Å²) in [6, 6.07) is 27.0. The third kappa shape index (κ3) is 5.49. The Bertz CT molecular complexity index is 1590. The van der Waals surface area contributed by atoms with Gasteiger partial charge in [-0.15, -0.1) is 0 Å². The zero-order valence-corrected chi connectivity index (χ0v) is 19.5. The fraction of sp³-hybridized carbons (Fsp3) is 0.0370. The molecular weight excluding hydrogens is 464 g/mol. The highest BCUT2D eigenvalue weighted by molar-refractivity contribution is 7.87. The average Bonchev–Trinajstić information content (AvgIpc) is 2.87. The van der Waals surface area contributed by atoms with E-state index in [1.165, 1.54) is 31.4 Å². The fourth-order valence-corrected chi connectivity index (χ4v) is 4.37. The number of nitriles is 1. The predicted octanol–water partition coefficient (Wildman–Crippen LogP) is 5.16. The molecule has 1 amide bonds. The first kappa shape index (κ1) is 23.5. The Kier molecular flexibility index (Phi) is 6.81. The average molecular weight is 485 g/mol. The maximum Gasteiger partial charge on any atom is 0.339 e. The van der Waals surface area contributed by atoms with Crippen molar-refractivity contribution >= 4 is 38.6 Å². The summed E-state index contributed by atoms with van der Waals surface area (Å²) < 4.78 is 36.2. The molecule has 4 aromatic rings. The van der Waals surface area contributed by atoms with Crippen molar-refractivity contribution in [3.8, 4) is 17.6 Å². The van der Waals surface area contributed by atoms with Crippen LogP contribution in [0.15, 0.2) is 101 Å². The summed E-state index contributed by atoms with van der Waals surface area (Å²) in [6.07, 6.45) is 1.35. The van der Waals surface area contributed by atoms with Crippen LogP contribution in [-0.4, -0.2) is 21.4 Å². The van der Waals surface area contributed by atoms with Crippen LogP contribution in [0.2, 0.25) is 0 Å². The number of hydrogen-bond acceptors (Lipinski definition) is 6. The summed E-state index contributed by atoms with van der Waals surface area (Å²) in [5, 5.41) is 13.8. The second kappa shape index (κ2) is 10.1. The van der Waals surface area contributed by atoms with Crippen LogP contribution in [0, 0.1) is 11.3 Å². The number of benzene rings is 4. The summed E-state index contributed by atoms with van der Waals surface area (Å²) in [5.41, 5.74) is 0.660. The van der Waals surface area contributed by atoms with Gasteiger partial charge in [-0.3, -0.25) is 4.79 Å². The van der Waals surface area contributed by atoms with Crippen LogP contribution in [0.1, 0.15) is 5.56 Å². The normalized spacial score (nSPS) is 11.5. The number of nitrogens with zero attached hydrogens (tertiary/aromatic N) is 1. The molecule has 35 heavy (non-hydrogen) atoms. The Balaban J connectivity index is 1.56. The lowest BCUT2D eigenvalue weighted by Gasteiger charge is -2.10. The van der Waals surface area contributed by atoms with Crippen molar-refractivity contribution in [2.45, 2.75) is 4.90 Å². The number of hydrogen-bond donors (Lipinski definition) is 1. The first-order valence-corrected chi connectivity index (χ1v) is 11.9. The second-order valence-electron chi connectivity index (χ2n) is 7.44. The van der Waals surface area contributed by atoms with E-state index < -0.39 is 16.0 Å². The Morgan fingerprint density at radius 1 is 0.914 bits per heavy atom. The summed E-state index contributed by atoms with van der Waals surface area (Å²) in [5.74, 6) is -0.131. The Morgan fingerprint density at radius 3 is 2.43 bits per heavy atom. The lowest BCUT2D eigenvalue weighted by atomic mass is 10.1. The van der Waals surface area contributed by atoms with E-state index in [-0.39, 0.29) is 16.2 Å². The topological polar surface area (TPSA) is 105 Å². The van der Waals surface area contributed by atoms with Crippen molar-refractivity contribution in [2.75, 3.05) is 12.4 Å². The minimum atomic E-state index is -4.10. The molecule has 0 aromatic heterocycles. The van der Waals surface area contributed by atoms with Gasteiger partial charge in [0.15, 0.2) is 0 Å². The van der Waals surface area contributed by atoms with E-state index in [4.69, 9.17) is 8.92 Å². The SMILES string of the molecule is COc1ccccc1NC(=O)/C(C#N)=C/c1cccc(OS(=O)(=O)c2ccc3ccccc3c2)c1. The Hall–Kier alpha value is -4.61. The molecule has 0 radical (unpaired) electrons. The standard InChI is InChI=1S/C27H20N2O5S/c1-33-26-12-5-4-11-25(26)29-27(30)22(18-28)15-19-7-6-10-23(16-19)34-35(31,32)24-14-13-20-8-2-3-9-21(20)17-24/h2-17H,1H3,(H,29,30)/b22-15+. The molecule has 0 bridgehead atoms. The number of fused-ring (bicyclic) bond motifs is 1. The van der Waals surface area contributed by atoms with Gasteiger partial charge in [0.05, 0.1) is 12.8 Å². The minimum Gasteiger partial charge on any atom is -0.495 e. The molecule has 0 spiro atoms. The van der Waals surface area contributed by atoms with Gasteiger partial charge in [0.2, 0.25) is 0 Å². The molecule has 0 heterocycles. The number of carbonyl (C=O) groups excluding carboxylic acids is 1. The van der Waals surface area contributed by atoms with Crippen LogP contribution in [-0.2, 0) is 14.9 Å². The molecule has 0 saturated carbocycles. The van der Waals surface area contributed by atoms with Crippen LogP contribution in [0.3, 0.4) is 0 Å². The molecular formula is C27H20N2O5S. The summed E-state index contributed by atoms with van der Waals surface area (Å²) >= 11 is 0. The highest BCUT2D eigenvalue weighted by Crippen LogP contribution is 2.26. The van der Waals surface area contributed by atoms with Crippen molar-refractivity contribution in [1.82, 2.24) is 0 Å². The van der Waals surface area contributed by atoms with Gasteiger partial charge in [0.25, 0.3) is 5.91 Å². The third-order valence-electron chi connectivity index (χ3n) is 5.10. The molecule has 0 atom stereocenters. The first-order chi connectivity index (χ1) is 16.9. The summed E-state index contributed by atoms with van der Waals surface area (Å²) in [7, 11) is -2.62. The van der Waals surface area contributed by atoms with Gasteiger partial charge in [0, 0.05) is 0 Å². The van der Waals surface area contributed by atoms with Crippen LogP contribution < -0.4 is 14.2 Å². The van der Waals surface area contributed by atoms with Crippen molar-refractivity contribution in [2.24, 2.45) is 0 Å². The van der Waals surface area contributed by atoms with Crippen LogP contribution in [0.4, 0.5) is 5.69 Å². The van der Waals surface area contributed by atoms with Gasteiger partial charge >= 0.3 is 10.1 Å². The van der Waals surface area contributed by atoms with E-state index in [1.54, 1.807) is 48.5 Å². The quantitative estimate of drug-likeness (QED) is 0.221. The highest BCUT2D eigenvalue weighted by Gasteiger charge is 2.18. The van der Waals surface area contributed by atoms with E-state index in [0.717, 1.165) is 10.8 Å². The minimum absolute atomic E-state index is 0.0195. The molecule has 4 rings (SSSR count). The Labute approximate surface area is 203 Å². The molecule has 7 nitrogen and oxygen atoms in total. The van der Waals surface area contributed by atoms with Crippen molar-refractivity contribution in [3.63, 3.8) is 0 Å². The van der Waals surface area contributed by atoms with Gasteiger partial charge < -0.3 is 14.2 Å². The molecule has 4 aromatic carbocycles. The van der Waals surface area contributed by atoms with Crippen LogP contribution in [0.5, 0.6) is 11.5 Å². The zero-order valence-electron chi connectivity index (χ0n) is 18.6. The van der Waals surface area contributed by atoms with Crippen LogP contribution in [0.25, 0.3) is 16.8 Å². The van der Waals surface area contributed by atoms with Crippen LogP contribution >= 0.6 is 0 Å². The number of para-hydroxylation sites is 2. The molecule has 0 aliphatic carbocycles. The predicted molar refractivity (Wildman–Crippen MR) is 133 cm³/mol. The highest BCUT2D eigenvalue weighted by atomic mass is 32.2. The van der Waals surface area contributed by atoms with Gasteiger partial charge in [-0.1, -0.05) is 54.6 Å². The molecule has 8 heteroatoms. The van der Waals surface area contributed by atoms with Gasteiger partial charge in [0.1, 0.15) is 28.0 Å². The van der Waals surface area contributed by atoms with E-state index in [1.807, 2.05) is 30.3 Å². The summed E-state index contributed by atoms with van der Waals surface area (Å²) in [6.45, 7) is 0. The molecule has 1 N–H and O–H groups in total. The number of nitrogens with one attached hydrogen (secondary N) is 1. The fourth-order valence-electron chi connectivity index (χ4n) is 3.41. The molecule has 0 saturated heterocycles. The number of rotatable bonds is 7. The van der Waals surface area contributed by atoms with E-state index in [2.05, 4.69) is 5.32 Å². The van der Waals surface area contributed by atoms with Crippen molar-refractivity contribution in [1.29, 1.82) is 5.26 Å². The monoisotopic (exact) mass is 484 g/mol. The molecule has 0 unspecified atom stereocenters. The second-order valence-corrected chi connectivity index (χ2v) is 8.99. The van der Waals surface area contributed by atoms with E-state index >= 15 is 0 Å². The van der Waals surface area contributed by atoms with Gasteiger partial charge in [-0.2, -0.15) is 13.7 Å². The molecule has 0 aliphatic rings. The molecule has 174 valence electrons. The first-order valence-electron chi connectivity index (χ1n) is 10.5. The van der Waals surface area contributed by atoms with Gasteiger partial charge in [-0.05, 0) is 58.8 Å². The summed E-state index contributed by atoms with van der Waals surface area (Å²) in [4.78, 5) is 12.7. The lowest BCUT2D eigenvalue weighted by Crippen LogP contribution is -2.14. The number of methoxy groups -OCH3 is 1. The Morgan fingerprint density at radius 2 is 1.66 bits per heavy atom. The van der Waals surface area contributed by atoms with E-state index in [9.17, 15) is 18.5 Å². The zero-order chi connectivity index (χ0) is 24.8. The maximum atomic E-state index is 12.8. The number of anilines is 1. The molecule has 0 fully saturated rings. The smallest absolute Gasteiger partial charge is 0.339 e. The number of amides is 1. The van der Waals surface area contributed by atoms with E-state index in [0.29, 0.717) is 17.0 Å². The lowest BCUT2D eigenvalue weighted by molar-refractivity contribution is -0.112. The number of carbonyl (C=O) groups is 1. The largest absolute Gasteiger partial charge is 0.495 e. The maximum absolute atomic E-state index is 12.8. The van der Waals surface area contributed by atoms with Crippen molar-refractivity contribution in [3.05, 3.63) is 102 Å².